The molecule has 0 saturated carbocycles. The lowest BCUT2D eigenvalue weighted by Gasteiger charge is -2.21. The molecule has 2 N–H and O–H groups in total. The first kappa shape index (κ1) is 18.1. The lowest BCUT2D eigenvalue weighted by Crippen LogP contribution is -2.43. The van der Waals surface area contributed by atoms with Crippen LogP contribution in [0.1, 0.15) is 47.0 Å². The number of ether oxygens (including phenoxy) is 1. The van der Waals surface area contributed by atoms with E-state index in [1.165, 1.54) is 0 Å². The summed E-state index contributed by atoms with van der Waals surface area (Å²) in [6.07, 6.45) is 1.98. The number of carboxylic acid groups (broad SMARTS) is 1. The largest absolute Gasteiger partial charge is 0.480 e. The Labute approximate surface area is 119 Å². The van der Waals surface area contributed by atoms with Crippen LogP contribution >= 0.6 is 11.8 Å². The van der Waals surface area contributed by atoms with Gasteiger partial charge in [-0.05, 0) is 45.1 Å². The van der Waals surface area contributed by atoms with E-state index >= 15 is 0 Å². The maximum absolute atomic E-state index is 11.5. The summed E-state index contributed by atoms with van der Waals surface area (Å²) in [5, 5.41) is 11.4. The van der Waals surface area contributed by atoms with E-state index < -0.39 is 23.7 Å². The van der Waals surface area contributed by atoms with Gasteiger partial charge in [0.25, 0.3) is 0 Å². The SMILES string of the molecule is CCCCSCCC(NC(=O)OC(C)(C)C)C(=O)O. The number of unbranched alkanes of at least 4 members (excludes halogenated alkanes) is 1. The van der Waals surface area contributed by atoms with Crippen molar-refractivity contribution in [2.75, 3.05) is 11.5 Å². The van der Waals surface area contributed by atoms with Crippen molar-refractivity contribution in [2.45, 2.75) is 58.6 Å². The van der Waals surface area contributed by atoms with Crippen molar-refractivity contribution in [3.05, 3.63) is 0 Å². The van der Waals surface area contributed by atoms with Crippen LogP contribution in [0.2, 0.25) is 0 Å². The lowest BCUT2D eigenvalue weighted by atomic mass is 10.2. The summed E-state index contributed by atoms with van der Waals surface area (Å²) in [5.74, 6) is 0.712. The minimum Gasteiger partial charge on any atom is -0.480 e. The highest BCUT2D eigenvalue weighted by molar-refractivity contribution is 7.99. The Bertz CT molecular complexity index is 289. The van der Waals surface area contributed by atoms with Gasteiger partial charge in [-0.15, -0.1) is 0 Å². The Morgan fingerprint density at radius 1 is 1.32 bits per heavy atom. The Balaban J connectivity index is 4.05. The standard InChI is InChI=1S/C13H25NO4S/c1-5-6-8-19-9-7-10(11(15)16)14-12(17)18-13(2,3)4/h10H,5-9H2,1-4H3,(H,14,17)(H,15,16). The third-order valence-corrected chi connectivity index (χ3v) is 3.28. The van der Waals surface area contributed by atoms with Crippen LogP contribution in [0.4, 0.5) is 4.79 Å². The third kappa shape index (κ3) is 10.7. The van der Waals surface area contributed by atoms with E-state index in [1.807, 2.05) is 0 Å². The fraction of sp³-hybridized carbons (Fsp3) is 0.846. The average Bonchev–Trinajstić information content (AvgIpc) is 2.24. The van der Waals surface area contributed by atoms with Crippen molar-refractivity contribution in [1.82, 2.24) is 5.32 Å². The van der Waals surface area contributed by atoms with Crippen LogP contribution in [0.25, 0.3) is 0 Å². The van der Waals surface area contributed by atoms with Gasteiger partial charge in [0.1, 0.15) is 11.6 Å². The molecule has 0 aliphatic heterocycles. The normalized spacial score (nSPS) is 12.8. The fourth-order valence-electron chi connectivity index (χ4n) is 1.26. The highest BCUT2D eigenvalue weighted by Gasteiger charge is 2.23. The molecule has 0 aromatic heterocycles. The van der Waals surface area contributed by atoms with Crippen molar-refractivity contribution in [3.8, 4) is 0 Å². The van der Waals surface area contributed by atoms with Crippen molar-refractivity contribution in [1.29, 1.82) is 0 Å². The molecule has 0 aromatic carbocycles. The highest BCUT2D eigenvalue weighted by Crippen LogP contribution is 2.10. The van der Waals surface area contributed by atoms with Crippen LogP contribution in [0.3, 0.4) is 0 Å². The van der Waals surface area contributed by atoms with Gasteiger partial charge in [-0.25, -0.2) is 9.59 Å². The molecule has 19 heavy (non-hydrogen) atoms. The molecule has 0 radical (unpaired) electrons. The molecular weight excluding hydrogens is 266 g/mol. The molecule has 0 heterocycles. The number of amides is 1. The first-order valence-corrected chi connectivity index (χ1v) is 7.71. The molecule has 1 amide bonds. The third-order valence-electron chi connectivity index (χ3n) is 2.18. The first-order chi connectivity index (χ1) is 8.76. The number of hydrogen-bond acceptors (Lipinski definition) is 4. The quantitative estimate of drug-likeness (QED) is 0.673. The van der Waals surface area contributed by atoms with Crippen molar-refractivity contribution in [3.63, 3.8) is 0 Å². The van der Waals surface area contributed by atoms with E-state index in [0.717, 1.165) is 18.6 Å². The Hall–Kier alpha value is -0.910. The summed E-state index contributed by atoms with van der Waals surface area (Å²) in [6.45, 7) is 7.33. The molecule has 0 aromatic rings. The van der Waals surface area contributed by atoms with E-state index in [0.29, 0.717) is 12.2 Å². The van der Waals surface area contributed by atoms with E-state index in [-0.39, 0.29) is 0 Å². The molecule has 0 spiro atoms. The highest BCUT2D eigenvalue weighted by atomic mass is 32.2. The van der Waals surface area contributed by atoms with Gasteiger partial charge in [-0.2, -0.15) is 11.8 Å². The summed E-state index contributed by atoms with van der Waals surface area (Å²) >= 11 is 1.71. The van der Waals surface area contributed by atoms with E-state index in [1.54, 1.807) is 32.5 Å². The van der Waals surface area contributed by atoms with Crippen LogP contribution in [-0.4, -0.2) is 40.3 Å². The van der Waals surface area contributed by atoms with Gasteiger partial charge in [0.15, 0.2) is 0 Å². The van der Waals surface area contributed by atoms with E-state index in [2.05, 4.69) is 12.2 Å². The number of carbonyl (C=O) groups excluding carboxylic acids is 1. The van der Waals surface area contributed by atoms with Crippen LogP contribution in [0.5, 0.6) is 0 Å². The molecule has 1 atom stereocenters. The number of carboxylic acids is 1. The minimum absolute atomic E-state index is 0.406. The van der Waals surface area contributed by atoms with Gasteiger partial charge in [0, 0.05) is 0 Å². The molecule has 0 bridgehead atoms. The molecular formula is C13H25NO4S. The second-order valence-corrected chi connectivity index (χ2v) is 6.52. The monoisotopic (exact) mass is 291 g/mol. The van der Waals surface area contributed by atoms with Crippen molar-refractivity contribution in [2.24, 2.45) is 0 Å². The van der Waals surface area contributed by atoms with Gasteiger partial charge < -0.3 is 15.2 Å². The molecule has 5 nitrogen and oxygen atoms in total. The summed E-state index contributed by atoms with van der Waals surface area (Å²) in [6, 6.07) is -0.885. The summed E-state index contributed by atoms with van der Waals surface area (Å²) in [4.78, 5) is 22.5. The van der Waals surface area contributed by atoms with E-state index in [4.69, 9.17) is 9.84 Å². The molecule has 0 saturated heterocycles. The summed E-state index contributed by atoms with van der Waals surface area (Å²) < 4.78 is 5.04. The summed E-state index contributed by atoms with van der Waals surface area (Å²) in [5.41, 5.74) is -0.622. The summed E-state index contributed by atoms with van der Waals surface area (Å²) in [7, 11) is 0. The Morgan fingerprint density at radius 2 is 1.95 bits per heavy atom. The number of thioether (sulfide) groups is 1. The fourth-order valence-corrected chi connectivity index (χ4v) is 2.36. The van der Waals surface area contributed by atoms with Crippen LogP contribution in [0.15, 0.2) is 0 Å². The number of rotatable bonds is 8. The zero-order valence-corrected chi connectivity index (χ0v) is 13.0. The smallest absolute Gasteiger partial charge is 0.408 e. The molecule has 0 fully saturated rings. The zero-order chi connectivity index (χ0) is 14.9. The predicted octanol–water partition coefficient (Wildman–Crippen LogP) is 2.89. The van der Waals surface area contributed by atoms with Crippen LogP contribution in [0, 0.1) is 0 Å². The van der Waals surface area contributed by atoms with Crippen molar-refractivity contribution >= 4 is 23.8 Å². The maximum Gasteiger partial charge on any atom is 0.408 e. The number of hydrogen-bond donors (Lipinski definition) is 2. The number of alkyl carbamates (subject to hydrolysis) is 1. The van der Waals surface area contributed by atoms with Gasteiger partial charge in [0.05, 0.1) is 0 Å². The Morgan fingerprint density at radius 3 is 2.42 bits per heavy atom. The Kier molecular flexibility index (Phi) is 8.63. The second-order valence-electron chi connectivity index (χ2n) is 5.29. The maximum atomic E-state index is 11.5. The molecule has 112 valence electrons. The number of carbonyl (C=O) groups is 2. The number of aliphatic carboxylic acids is 1. The van der Waals surface area contributed by atoms with Crippen molar-refractivity contribution < 1.29 is 19.4 Å². The molecule has 0 aliphatic rings. The lowest BCUT2D eigenvalue weighted by molar-refractivity contribution is -0.139. The van der Waals surface area contributed by atoms with E-state index in [9.17, 15) is 9.59 Å². The zero-order valence-electron chi connectivity index (χ0n) is 12.2. The predicted molar refractivity (Wildman–Crippen MR) is 77.6 cm³/mol. The molecule has 1 unspecified atom stereocenters. The molecule has 0 aliphatic carbocycles. The number of nitrogens with one attached hydrogen (secondary N) is 1. The van der Waals surface area contributed by atoms with Gasteiger partial charge in [0.2, 0.25) is 0 Å². The molecule has 0 rings (SSSR count). The molecule has 6 heteroatoms. The van der Waals surface area contributed by atoms with Gasteiger partial charge in [-0.3, -0.25) is 0 Å². The topological polar surface area (TPSA) is 75.6 Å². The van der Waals surface area contributed by atoms with Gasteiger partial charge >= 0.3 is 12.1 Å². The second kappa shape index (κ2) is 9.07. The van der Waals surface area contributed by atoms with Gasteiger partial charge in [-0.1, -0.05) is 13.3 Å². The first-order valence-electron chi connectivity index (χ1n) is 6.56. The van der Waals surface area contributed by atoms with Crippen LogP contribution < -0.4 is 5.32 Å². The van der Waals surface area contributed by atoms with Crippen LogP contribution in [-0.2, 0) is 9.53 Å². The average molecular weight is 291 g/mol. The minimum atomic E-state index is -1.03.